The van der Waals surface area contributed by atoms with Crippen LogP contribution in [-0.2, 0) is 18.2 Å². The maximum atomic E-state index is 11.7. The fourth-order valence-corrected chi connectivity index (χ4v) is 2.26. The van der Waals surface area contributed by atoms with Crippen LogP contribution in [0.3, 0.4) is 0 Å². The molecule has 0 fully saturated rings. The molecule has 1 aromatic carbocycles. The van der Waals surface area contributed by atoms with Gasteiger partial charge in [-0.05, 0) is 6.92 Å². The summed E-state index contributed by atoms with van der Waals surface area (Å²) in [5.74, 6) is 1.30. The van der Waals surface area contributed by atoms with Gasteiger partial charge in [-0.25, -0.2) is 0 Å². The molecule has 84 valence electrons. The Morgan fingerprint density at radius 3 is 2.56 bits per heavy atom. The predicted molar refractivity (Wildman–Crippen MR) is 63.4 cm³/mol. The minimum absolute atomic E-state index is 0.529. The van der Waals surface area contributed by atoms with E-state index in [1.165, 1.54) is 0 Å². The van der Waals surface area contributed by atoms with E-state index in [0.717, 1.165) is 11.4 Å². The van der Waals surface area contributed by atoms with E-state index in [1.807, 2.05) is 44.3 Å². The van der Waals surface area contributed by atoms with Crippen molar-refractivity contribution in [3.8, 4) is 11.4 Å². The van der Waals surface area contributed by atoms with Crippen LogP contribution >= 0.6 is 0 Å². The van der Waals surface area contributed by atoms with E-state index in [9.17, 15) is 4.55 Å². The third-order valence-corrected chi connectivity index (χ3v) is 3.62. The number of hydrogen-bond donors (Lipinski definition) is 0. The third-order valence-electron chi connectivity index (χ3n) is 2.33. The van der Waals surface area contributed by atoms with E-state index >= 15 is 0 Å². The van der Waals surface area contributed by atoms with Crippen LogP contribution in [0.5, 0.6) is 0 Å². The van der Waals surface area contributed by atoms with E-state index < -0.39 is 11.2 Å². The van der Waals surface area contributed by atoms with Crippen LogP contribution in [0.15, 0.2) is 35.5 Å². The first kappa shape index (κ1) is 11.2. The molecule has 0 spiro atoms. The first-order chi connectivity index (χ1) is 7.74. The molecule has 2 aromatic rings. The summed E-state index contributed by atoms with van der Waals surface area (Å²) in [6, 6.07) is 9.76. The molecule has 1 unspecified atom stereocenters. The summed E-state index contributed by atoms with van der Waals surface area (Å²) in [6.45, 7) is 1.87. The SMILES string of the molecule is CC[S+]([O-])c1nnc(-c2ccccc2)n1C. The normalized spacial score (nSPS) is 12.7. The maximum Gasteiger partial charge on any atom is 0.343 e. The van der Waals surface area contributed by atoms with Crippen LogP contribution in [0.1, 0.15) is 6.92 Å². The van der Waals surface area contributed by atoms with Gasteiger partial charge in [-0.2, -0.15) is 0 Å². The highest BCUT2D eigenvalue weighted by Gasteiger charge is 2.19. The van der Waals surface area contributed by atoms with Gasteiger partial charge in [0.15, 0.2) is 5.82 Å². The second-order valence-corrected chi connectivity index (χ2v) is 5.00. The predicted octanol–water partition coefficient (Wildman–Crippen LogP) is 1.61. The van der Waals surface area contributed by atoms with Crippen LogP contribution in [0.2, 0.25) is 0 Å². The molecule has 2 rings (SSSR count). The summed E-state index contributed by atoms with van der Waals surface area (Å²) in [5.41, 5.74) is 0.983. The number of benzene rings is 1. The van der Waals surface area contributed by atoms with Crippen molar-refractivity contribution in [1.82, 2.24) is 14.8 Å². The molecular formula is C11H13N3OS. The molecule has 0 saturated heterocycles. The van der Waals surface area contributed by atoms with E-state index in [4.69, 9.17) is 0 Å². The minimum Gasteiger partial charge on any atom is -0.609 e. The highest BCUT2D eigenvalue weighted by atomic mass is 32.2. The second kappa shape index (κ2) is 4.67. The zero-order valence-electron chi connectivity index (χ0n) is 9.25. The summed E-state index contributed by atoms with van der Waals surface area (Å²) >= 11 is -1.07. The Kier molecular flexibility index (Phi) is 3.26. The van der Waals surface area contributed by atoms with Gasteiger partial charge in [-0.3, -0.25) is 4.57 Å². The first-order valence-electron chi connectivity index (χ1n) is 5.07. The fourth-order valence-electron chi connectivity index (χ4n) is 1.48. The highest BCUT2D eigenvalue weighted by molar-refractivity contribution is 7.91. The van der Waals surface area contributed by atoms with Gasteiger partial charge in [0.05, 0.1) is 0 Å². The molecule has 0 bridgehead atoms. The zero-order valence-corrected chi connectivity index (χ0v) is 10.1. The molecule has 4 nitrogen and oxygen atoms in total. The van der Waals surface area contributed by atoms with E-state index in [2.05, 4.69) is 10.2 Å². The van der Waals surface area contributed by atoms with Crippen LogP contribution in [0, 0.1) is 0 Å². The standard InChI is InChI=1S/C11H13N3OS/c1-3-16(15)11-13-12-10(14(11)2)9-7-5-4-6-8-9/h4-8H,3H2,1-2H3. The minimum atomic E-state index is -1.07. The lowest BCUT2D eigenvalue weighted by molar-refractivity contribution is 0.579. The van der Waals surface area contributed by atoms with Crippen molar-refractivity contribution in [2.75, 3.05) is 5.75 Å². The Balaban J connectivity index is 2.41. The van der Waals surface area contributed by atoms with Gasteiger partial charge in [0.2, 0.25) is 0 Å². The first-order valence-corrected chi connectivity index (χ1v) is 6.39. The quantitative estimate of drug-likeness (QED) is 0.759. The molecule has 1 aromatic heterocycles. The molecular weight excluding hydrogens is 222 g/mol. The molecule has 0 aliphatic heterocycles. The van der Waals surface area contributed by atoms with Gasteiger partial charge in [0, 0.05) is 23.8 Å². The van der Waals surface area contributed by atoms with Crippen LogP contribution < -0.4 is 0 Å². The number of hydrogen-bond acceptors (Lipinski definition) is 3. The fraction of sp³-hybridized carbons (Fsp3) is 0.273. The third kappa shape index (κ3) is 1.96. The summed E-state index contributed by atoms with van der Waals surface area (Å²) in [6.07, 6.45) is 0. The average molecular weight is 235 g/mol. The van der Waals surface area contributed by atoms with Gasteiger partial charge in [-0.15, -0.1) is 5.10 Å². The molecule has 1 heterocycles. The van der Waals surface area contributed by atoms with Crippen molar-refractivity contribution in [2.24, 2.45) is 7.05 Å². The average Bonchev–Trinajstić information content (AvgIpc) is 2.71. The van der Waals surface area contributed by atoms with Crippen molar-refractivity contribution < 1.29 is 4.55 Å². The van der Waals surface area contributed by atoms with Gasteiger partial charge in [0.25, 0.3) is 0 Å². The van der Waals surface area contributed by atoms with Crippen molar-refractivity contribution in [1.29, 1.82) is 0 Å². The van der Waals surface area contributed by atoms with Crippen LogP contribution in [-0.4, -0.2) is 25.1 Å². The molecule has 0 amide bonds. The zero-order chi connectivity index (χ0) is 11.5. The Morgan fingerprint density at radius 1 is 1.25 bits per heavy atom. The van der Waals surface area contributed by atoms with Crippen molar-refractivity contribution >= 4 is 11.2 Å². The highest BCUT2D eigenvalue weighted by Crippen LogP contribution is 2.18. The Hall–Kier alpha value is -1.33. The lowest BCUT2D eigenvalue weighted by Gasteiger charge is -2.06. The smallest absolute Gasteiger partial charge is 0.343 e. The molecule has 0 saturated carbocycles. The molecule has 0 radical (unpaired) electrons. The topological polar surface area (TPSA) is 53.8 Å². The van der Waals surface area contributed by atoms with Gasteiger partial charge in [-0.1, -0.05) is 35.4 Å². The van der Waals surface area contributed by atoms with Crippen molar-refractivity contribution in [2.45, 2.75) is 12.1 Å². The second-order valence-electron chi connectivity index (χ2n) is 3.37. The molecule has 5 heteroatoms. The van der Waals surface area contributed by atoms with Gasteiger partial charge < -0.3 is 4.55 Å². The molecule has 0 aliphatic rings. The van der Waals surface area contributed by atoms with E-state index in [-0.39, 0.29) is 0 Å². The maximum absolute atomic E-state index is 11.7. The summed E-state index contributed by atoms with van der Waals surface area (Å²) in [7, 11) is 1.84. The van der Waals surface area contributed by atoms with Crippen molar-refractivity contribution in [3.05, 3.63) is 30.3 Å². The Morgan fingerprint density at radius 2 is 1.94 bits per heavy atom. The summed E-state index contributed by atoms with van der Waals surface area (Å²) in [5, 5.41) is 8.58. The van der Waals surface area contributed by atoms with E-state index in [0.29, 0.717) is 10.9 Å². The molecule has 0 N–H and O–H groups in total. The summed E-state index contributed by atoms with van der Waals surface area (Å²) in [4.78, 5) is 0. The monoisotopic (exact) mass is 235 g/mol. The van der Waals surface area contributed by atoms with Crippen LogP contribution in [0.4, 0.5) is 0 Å². The molecule has 1 atom stereocenters. The van der Waals surface area contributed by atoms with Crippen LogP contribution in [0.25, 0.3) is 11.4 Å². The number of rotatable bonds is 3. The molecule has 0 aliphatic carbocycles. The largest absolute Gasteiger partial charge is 0.609 e. The summed E-state index contributed by atoms with van der Waals surface area (Å²) < 4.78 is 13.5. The Bertz CT molecular complexity index is 469. The van der Waals surface area contributed by atoms with E-state index in [1.54, 1.807) is 4.57 Å². The lowest BCUT2D eigenvalue weighted by atomic mass is 10.2. The number of nitrogens with zero attached hydrogens (tertiary/aromatic N) is 3. The van der Waals surface area contributed by atoms with Gasteiger partial charge in [0.1, 0.15) is 5.75 Å². The molecule has 16 heavy (non-hydrogen) atoms. The Labute approximate surface area is 97.5 Å². The van der Waals surface area contributed by atoms with Crippen molar-refractivity contribution in [3.63, 3.8) is 0 Å². The number of aromatic nitrogens is 3. The van der Waals surface area contributed by atoms with Gasteiger partial charge >= 0.3 is 5.16 Å². The lowest BCUT2D eigenvalue weighted by Crippen LogP contribution is -2.10.